The van der Waals surface area contributed by atoms with Crippen LogP contribution in [0.3, 0.4) is 0 Å². The second-order valence-electron chi connectivity index (χ2n) is 8.07. The number of carbonyl (C=O) groups is 1. The Morgan fingerprint density at radius 3 is 2.34 bits per heavy atom. The van der Waals surface area contributed by atoms with Gasteiger partial charge in [-0.2, -0.15) is 0 Å². The molecule has 0 aliphatic carbocycles. The van der Waals surface area contributed by atoms with E-state index in [1.54, 1.807) is 0 Å². The van der Waals surface area contributed by atoms with Gasteiger partial charge < -0.3 is 10.1 Å². The van der Waals surface area contributed by atoms with Crippen molar-refractivity contribution >= 4 is 5.91 Å². The Morgan fingerprint density at radius 1 is 1.03 bits per heavy atom. The van der Waals surface area contributed by atoms with E-state index in [2.05, 4.69) is 60.5 Å². The number of ether oxygens (including phenoxy) is 1. The van der Waals surface area contributed by atoms with E-state index >= 15 is 0 Å². The second-order valence-corrected chi connectivity index (χ2v) is 8.07. The molecule has 1 aliphatic heterocycles. The third-order valence-electron chi connectivity index (χ3n) is 5.62. The minimum Gasteiger partial charge on any atom is -0.492 e. The van der Waals surface area contributed by atoms with Crippen LogP contribution in [0.15, 0.2) is 48.5 Å². The Balaban J connectivity index is 1.31. The SMILES string of the molecule is CCCc1ccc(OCCNC(=O)C2CCN(Cc3ccc(C)cc3)CC2)cc1. The molecule has 0 spiro atoms. The van der Waals surface area contributed by atoms with Gasteiger partial charge in [-0.1, -0.05) is 55.3 Å². The van der Waals surface area contributed by atoms with Gasteiger partial charge in [0.05, 0.1) is 6.54 Å². The Labute approximate surface area is 175 Å². The van der Waals surface area contributed by atoms with Crippen molar-refractivity contribution in [3.8, 4) is 5.75 Å². The zero-order chi connectivity index (χ0) is 20.5. The number of piperidine rings is 1. The summed E-state index contributed by atoms with van der Waals surface area (Å²) in [7, 11) is 0. The average molecular weight is 395 g/mol. The van der Waals surface area contributed by atoms with E-state index in [0.717, 1.165) is 51.1 Å². The Bertz CT molecular complexity index is 747. The summed E-state index contributed by atoms with van der Waals surface area (Å²) in [5, 5.41) is 3.04. The topological polar surface area (TPSA) is 41.6 Å². The molecule has 0 aromatic heterocycles. The molecule has 3 rings (SSSR count). The van der Waals surface area contributed by atoms with Gasteiger partial charge in [-0.05, 0) is 62.5 Å². The largest absolute Gasteiger partial charge is 0.492 e. The molecule has 4 heteroatoms. The van der Waals surface area contributed by atoms with Crippen molar-refractivity contribution in [2.75, 3.05) is 26.2 Å². The van der Waals surface area contributed by atoms with E-state index < -0.39 is 0 Å². The van der Waals surface area contributed by atoms with Crippen molar-refractivity contribution in [1.29, 1.82) is 0 Å². The van der Waals surface area contributed by atoms with Crippen LogP contribution in [0.4, 0.5) is 0 Å². The smallest absolute Gasteiger partial charge is 0.223 e. The summed E-state index contributed by atoms with van der Waals surface area (Å²) in [5.41, 5.74) is 3.97. The number of aryl methyl sites for hydroxylation is 2. The fourth-order valence-corrected chi connectivity index (χ4v) is 3.83. The molecule has 0 bridgehead atoms. The first kappa shape index (κ1) is 21.4. The van der Waals surface area contributed by atoms with Crippen LogP contribution in [0.5, 0.6) is 5.75 Å². The molecule has 29 heavy (non-hydrogen) atoms. The molecule has 0 unspecified atom stereocenters. The van der Waals surface area contributed by atoms with Crippen molar-refractivity contribution in [1.82, 2.24) is 10.2 Å². The highest BCUT2D eigenvalue weighted by Gasteiger charge is 2.24. The van der Waals surface area contributed by atoms with E-state index in [9.17, 15) is 4.79 Å². The number of nitrogens with one attached hydrogen (secondary N) is 1. The van der Waals surface area contributed by atoms with Crippen molar-refractivity contribution in [2.24, 2.45) is 5.92 Å². The third kappa shape index (κ3) is 6.90. The fourth-order valence-electron chi connectivity index (χ4n) is 3.83. The highest BCUT2D eigenvalue weighted by molar-refractivity contribution is 5.78. The van der Waals surface area contributed by atoms with Gasteiger partial charge in [0.15, 0.2) is 0 Å². The van der Waals surface area contributed by atoms with Crippen molar-refractivity contribution in [2.45, 2.75) is 46.1 Å². The molecule has 1 heterocycles. The maximum atomic E-state index is 12.4. The fraction of sp³-hybridized carbons (Fsp3) is 0.480. The zero-order valence-corrected chi connectivity index (χ0v) is 17.8. The molecule has 1 amide bonds. The van der Waals surface area contributed by atoms with Gasteiger partial charge >= 0.3 is 0 Å². The van der Waals surface area contributed by atoms with Gasteiger partial charge in [0.25, 0.3) is 0 Å². The van der Waals surface area contributed by atoms with E-state index in [4.69, 9.17) is 4.74 Å². The Kier molecular flexibility index (Phi) is 8.12. The predicted molar refractivity (Wildman–Crippen MR) is 118 cm³/mol. The molecule has 156 valence electrons. The lowest BCUT2D eigenvalue weighted by atomic mass is 9.95. The molecule has 1 saturated heterocycles. The number of amides is 1. The van der Waals surface area contributed by atoms with Crippen molar-refractivity contribution < 1.29 is 9.53 Å². The van der Waals surface area contributed by atoms with Crippen LogP contribution in [0.25, 0.3) is 0 Å². The van der Waals surface area contributed by atoms with E-state index in [0.29, 0.717) is 13.2 Å². The number of carbonyl (C=O) groups excluding carboxylic acids is 1. The van der Waals surface area contributed by atoms with E-state index in [-0.39, 0.29) is 11.8 Å². The lowest BCUT2D eigenvalue weighted by Gasteiger charge is -2.31. The summed E-state index contributed by atoms with van der Waals surface area (Å²) in [6.07, 6.45) is 4.10. The Hall–Kier alpha value is -2.33. The van der Waals surface area contributed by atoms with Gasteiger partial charge in [-0.3, -0.25) is 9.69 Å². The van der Waals surface area contributed by atoms with Gasteiger partial charge in [0.1, 0.15) is 12.4 Å². The third-order valence-corrected chi connectivity index (χ3v) is 5.62. The summed E-state index contributed by atoms with van der Waals surface area (Å²) in [5.74, 6) is 1.16. The number of nitrogens with zero attached hydrogens (tertiary/aromatic N) is 1. The normalized spacial score (nSPS) is 15.2. The Morgan fingerprint density at radius 2 is 1.69 bits per heavy atom. The monoisotopic (exact) mass is 394 g/mol. The quantitative estimate of drug-likeness (QED) is 0.643. The number of rotatable bonds is 9. The summed E-state index contributed by atoms with van der Waals surface area (Å²) < 4.78 is 5.75. The van der Waals surface area contributed by atoms with E-state index in [1.807, 2.05) is 12.1 Å². The van der Waals surface area contributed by atoms with Crippen molar-refractivity contribution in [3.63, 3.8) is 0 Å². The van der Waals surface area contributed by atoms with Crippen LogP contribution >= 0.6 is 0 Å². The minimum atomic E-state index is 0.123. The van der Waals surface area contributed by atoms with Crippen LogP contribution in [-0.4, -0.2) is 37.0 Å². The van der Waals surface area contributed by atoms with Crippen LogP contribution in [0.2, 0.25) is 0 Å². The van der Waals surface area contributed by atoms with Gasteiger partial charge in [-0.25, -0.2) is 0 Å². The highest BCUT2D eigenvalue weighted by atomic mass is 16.5. The highest BCUT2D eigenvalue weighted by Crippen LogP contribution is 2.19. The summed E-state index contributed by atoms with van der Waals surface area (Å²) in [6, 6.07) is 17.0. The molecular formula is C25H34N2O2. The zero-order valence-electron chi connectivity index (χ0n) is 17.8. The first-order valence-corrected chi connectivity index (χ1v) is 10.9. The minimum absolute atomic E-state index is 0.123. The van der Waals surface area contributed by atoms with Crippen molar-refractivity contribution in [3.05, 3.63) is 65.2 Å². The van der Waals surface area contributed by atoms with Crippen LogP contribution in [-0.2, 0) is 17.8 Å². The summed E-state index contributed by atoms with van der Waals surface area (Å²) in [4.78, 5) is 14.9. The lowest BCUT2D eigenvalue weighted by Crippen LogP contribution is -2.41. The molecule has 1 fully saturated rings. The van der Waals surface area contributed by atoms with E-state index in [1.165, 1.54) is 16.7 Å². The first-order valence-electron chi connectivity index (χ1n) is 10.9. The van der Waals surface area contributed by atoms with Crippen LogP contribution in [0, 0.1) is 12.8 Å². The lowest BCUT2D eigenvalue weighted by molar-refractivity contribution is -0.126. The van der Waals surface area contributed by atoms with Gasteiger partial charge in [0, 0.05) is 12.5 Å². The molecule has 4 nitrogen and oxygen atoms in total. The number of likely N-dealkylation sites (tertiary alicyclic amines) is 1. The van der Waals surface area contributed by atoms with Gasteiger partial charge in [-0.15, -0.1) is 0 Å². The number of hydrogen-bond donors (Lipinski definition) is 1. The second kappa shape index (κ2) is 11.0. The van der Waals surface area contributed by atoms with Crippen LogP contribution in [0.1, 0.15) is 42.9 Å². The maximum absolute atomic E-state index is 12.4. The standard InChI is InChI=1S/C25H34N2O2/c1-3-4-21-9-11-24(12-10-21)29-18-15-26-25(28)23-13-16-27(17-14-23)19-22-7-5-20(2)6-8-22/h5-12,23H,3-4,13-19H2,1-2H3,(H,26,28). The molecule has 1 aliphatic rings. The maximum Gasteiger partial charge on any atom is 0.223 e. The molecule has 0 saturated carbocycles. The number of benzene rings is 2. The summed E-state index contributed by atoms with van der Waals surface area (Å²) >= 11 is 0. The molecule has 2 aromatic carbocycles. The molecule has 2 aromatic rings. The molecular weight excluding hydrogens is 360 g/mol. The number of hydrogen-bond acceptors (Lipinski definition) is 3. The van der Waals surface area contributed by atoms with Crippen LogP contribution < -0.4 is 10.1 Å². The predicted octanol–water partition coefficient (Wildman–Crippen LogP) is 4.35. The molecule has 1 N–H and O–H groups in total. The first-order chi connectivity index (χ1) is 14.1. The van der Waals surface area contributed by atoms with Gasteiger partial charge in [0.2, 0.25) is 5.91 Å². The average Bonchev–Trinajstić information content (AvgIpc) is 2.74. The molecule has 0 radical (unpaired) electrons. The summed E-state index contributed by atoms with van der Waals surface area (Å²) in [6.45, 7) is 8.28. The molecule has 0 atom stereocenters.